The van der Waals surface area contributed by atoms with E-state index < -0.39 is 0 Å². The highest BCUT2D eigenvalue weighted by Crippen LogP contribution is 2.20. The van der Waals surface area contributed by atoms with Crippen molar-refractivity contribution in [3.05, 3.63) is 29.8 Å². The van der Waals surface area contributed by atoms with Crippen LogP contribution < -0.4 is 10.1 Å². The average Bonchev–Trinajstić information content (AvgIpc) is 2.65. The van der Waals surface area contributed by atoms with E-state index in [0.717, 1.165) is 11.3 Å². The van der Waals surface area contributed by atoms with Gasteiger partial charge >= 0.3 is 6.09 Å². The first-order valence-electron chi connectivity index (χ1n) is 4.37. The molecule has 0 aromatic heterocycles. The van der Waals surface area contributed by atoms with E-state index in [4.69, 9.17) is 9.47 Å². The Hall–Kier alpha value is -1.71. The predicted octanol–water partition coefficient (Wildman–Crippen LogP) is 1.48. The van der Waals surface area contributed by atoms with Crippen molar-refractivity contribution < 1.29 is 14.3 Å². The molecule has 1 aliphatic rings. The highest BCUT2D eigenvalue weighted by molar-refractivity contribution is 5.70. The third-order valence-electron chi connectivity index (χ3n) is 2.19. The van der Waals surface area contributed by atoms with Crippen LogP contribution in [0, 0.1) is 0 Å². The zero-order valence-corrected chi connectivity index (χ0v) is 7.82. The van der Waals surface area contributed by atoms with Crippen LogP contribution in [0.2, 0.25) is 0 Å². The zero-order chi connectivity index (χ0) is 9.97. The minimum Gasteiger partial charge on any atom is -0.497 e. The van der Waals surface area contributed by atoms with Crippen molar-refractivity contribution in [1.29, 1.82) is 0 Å². The number of carbonyl (C=O) groups excluding carboxylic acids is 1. The number of benzene rings is 1. The largest absolute Gasteiger partial charge is 0.497 e. The molecule has 14 heavy (non-hydrogen) atoms. The molecule has 0 radical (unpaired) electrons. The van der Waals surface area contributed by atoms with Gasteiger partial charge in [0.05, 0.1) is 13.2 Å². The summed E-state index contributed by atoms with van der Waals surface area (Å²) in [7, 11) is 1.62. The standard InChI is InChI=1S/C10H11NO3/c1-13-8-4-2-7(3-5-8)9-6-14-10(12)11-9/h2-5,9H,6H2,1H3,(H,11,12)/t9-/m1/s1. The van der Waals surface area contributed by atoms with Crippen molar-refractivity contribution in [2.24, 2.45) is 0 Å². The summed E-state index contributed by atoms with van der Waals surface area (Å²) in [5.74, 6) is 0.805. The fourth-order valence-electron chi connectivity index (χ4n) is 1.40. The Morgan fingerprint density at radius 3 is 2.64 bits per heavy atom. The van der Waals surface area contributed by atoms with Crippen molar-refractivity contribution in [2.75, 3.05) is 13.7 Å². The summed E-state index contributed by atoms with van der Waals surface area (Å²) in [5, 5.41) is 2.71. The summed E-state index contributed by atoms with van der Waals surface area (Å²) in [5.41, 5.74) is 1.02. The molecule has 2 rings (SSSR count). The van der Waals surface area contributed by atoms with Crippen LogP contribution in [-0.2, 0) is 4.74 Å². The van der Waals surface area contributed by atoms with E-state index in [1.807, 2.05) is 24.3 Å². The van der Waals surface area contributed by atoms with E-state index >= 15 is 0 Å². The minimum absolute atomic E-state index is 0.0339. The minimum atomic E-state index is -0.356. The van der Waals surface area contributed by atoms with Gasteiger partial charge in [-0.05, 0) is 17.7 Å². The summed E-state index contributed by atoms with van der Waals surface area (Å²) >= 11 is 0. The number of hydrogen-bond donors (Lipinski definition) is 1. The summed E-state index contributed by atoms with van der Waals surface area (Å²) in [6.45, 7) is 0.394. The van der Waals surface area contributed by atoms with E-state index in [2.05, 4.69) is 5.32 Å². The Balaban J connectivity index is 2.13. The summed E-state index contributed by atoms with van der Waals surface area (Å²) in [4.78, 5) is 10.8. The first kappa shape index (κ1) is 8.87. The number of nitrogens with one attached hydrogen (secondary N) is 1. The quantitative estimate of drug-likeness (QED) is 0.773. The Kier molecular flexibility index (Phi) is 2.26. The molecule has 0 saturated carbocycles. The second-order valence-electron chi connectivity index (χ2n) is 3.07. The van der Waals surface area contributed by atoms with Crippen molar-refractivity contribution >= 4 is 6.09 Å². The molecule has 1 amide bonds. The number of alkyl carbamates (subject to hydrolysis) is 1. The van der Waals surface area contributed by atoms with Gasteiger partial charge in [-0.2, -0.15) is 0 Å². The topological polar surface area (TPSA) is 47.6 Å². The highest BCUT2D eigenvalue weighted by atomic mass is 16.6. The molecule has 1 fully saturated rings. The second-order valence-corrected chi connectivity index (χ2v) is 3.07. The van der Waals surface area contributed by atoms with Crippen LogP contribution >= 0.6 is 0 Å². The van der Waals surface area contributed by atoms with Crippen molar-refractivity contribution in [3.63, 3.8) is 0 Å². The van der Waals surface area contributed by atoms with Gasteiger partial charge in [0.1, 0.15) is 12.4 Å². The molecule has 0 bridgehead atoms. The second kappa shape index (κ2) is 3.57. The molecule has 1 aromatic rings. The average molecular weight is 193 g/mol. The molecular formula is C10H11NO3. The molecule has 1 N–H and O–H groups in total. The van der Waals surface area contributed by atoms with Crippen LogP contribution in [0.5, 0.6) is 5.75 Å². The molecule has 4 nitrogen and oxygen atoms in total. The van der Waals surface area contributed by atoms with Gasteiger partial charge in [0.25, 0.3) is 0 Å². The van der Waals surface area contributed by atoms with Crippen molar-refractivity contribution in [3.8, 4) is 5.75 Å². The molecular weight excluding hydrogens is 182 g/mol. The van der Waals surface area contributed by atoms with Crippen LogP contribution in [0.4, 0.5) is 4.79 Å². The molecule has 0 aliphatic carbocycles. The summed E-state index contributed by atoms with van der Waals surface area (Å²) in [6, 6.07) is 7.52. The molecule has 74 valence electrons. The molecule has 0 spiro atoms. The molecule has 0 unspecified atom stereocenters. The molecule has 1 aliphatic heterocycles. The van der Waals surface area contributed by atoms with Gasteiger partial charge in [-0.3, -0.25) is 0 Å². The number of amides is 1. The maximum absolute atomic E-state index is 10.8. The number of carbonyl (C=O) groups is 1. The Labute approximate surface area is 81.8 Å². The molecule has 4 heteroatoms. The van der Waals surface area contributed by atoms with Crippen LogP contribution in [0.15, 0.2) is 24.3 Å². The van der Waals surface area contributed by atoms with Gasteiger partial charge in [-0.15, -0.1) is 0 Å². The Morgan fingerprint density at radius 2 is 2.14 bits per heavy atom. The highest BCUT2D eigenvalue weighted by Gasteiger charge is 2.23. The van der Waals surface area contributed by atoms with Gasteiger partial charge in [-0.1, -0.05) is 12.1 Å². The zero-order valence-electron chi connectivity index (χ0n) is 7.82. The monoisotopic (exact) mass is 193 g/mol. The van der Waals surface area contributed by atoms with Crippen LogP contribution in [0.3, 0.4) is 0 Å². The van der Waals surface area contributed by atoms with Gasteiger partial charge in [0, 0.05) is 0 Å². The van der Waals surface area contributed by atoms with E-state index in [9.17, 15) is 4.79 Å². The predicted molar refractivity (Wildman–Crippen MR) is 50.2 cm³/mol. The first-order chi connectivity index (χ1) is 6.79. The number of methoxy groups -OCH3 is 1. The SMILES string of the molecule is COc1ccc([C@H]2COC(=O)N2)cc1. The van der Waals surface area contributed by atoms with Crippen LogP contribution in [-0.4, -0.2) is 19.8 Å². The number of rotatable bonds is 2. The molecule has 1 aromatic carbocycles. The lowest BCUT2D eigenvalue weighted by atomic mass is 10.1. The van der Waals surface area contributed by atoms with Crippen LogP contribution in [0.1, 0.15) is 11.6 Å². The maximum atomic E-state index is 10.8. The van der Waals surface area contributed by atoms with Gasteiger partial charge in [-0.25, -0.2) is 4.79 Å². The van der Waals surface area contributed by atoms with E-state index in [-0.39, 0.29) is 12.1 Å². The summed E-state index contributed by atoms with van der Waals surface area (Å²) in [6.07, 6.45) is -0.356. The lowest BCUT2D eigenvalue weighted by Gasteiger charge is -2.07. The fourth-order valence-corrected chi connectivity index (χ4v) is 1.40. The van der Waals surface area contributed by atoms with Gasteiger partial charge in [0.2, 0.25) is 0 Å². The van der Waals surface area contributed by atoms with E-state index in [1.165, 1.54) is 0 Å². The van der Waals surface area contributed by atoms with Crippen LogP contribution in [0.25, 0.3) is 0 Å². The summed E-state index contributed by atoms with van der Waals surface area (Å²) < 4.78 is 9.83. The van der Waals surface area contributed by atoms with Gasteiger partial charge in [0.15, 0.2) is 0 Å². The number of cyclic esters (lactones) is 1. The molecule has 1 atom stereocenters. The number of hydrogen-bond acceptors (Lipinski definition) is 3. The lowest BCUT2D eigenvalue weighted by Crippen LogP contribution is -2.18. The fraction of sp³-hybridized carbons (Fsp3) is 0.300. The Morgan fingerprint density at radius 1 is 1.43 bits per heavy atom. The van der Waals surface area contributed by atoms with Crippen molar-refractivity contribution in [2.45, 2.75) is 6.04 Å². The van der Waals surface area contributed by atoms with Crippen molar-refractivity contribution in [1.82, 2.24) is 5.32 Å². The smallest absolute Gasteiger partial charge is 0.407 e. The third-order valence-corrected chi connectivity index (χ3v) is 2.19. The normalized spacial score (nSPS) is 20.1. The molecule has 1 heterocycles. The Bertz CT molecular complexity index is 334. The third kappa shape index (κ3) is 1.64. The number of ether oxygens (including phenoxy) is 2. The van der Waals surface area contributed by atoms with Gasteiger partial charge < -0.3 is 14.8 Å². The maximum Gasteiger partial charge on any atom is 0.407 e. The molecule has 1 saturated heterocycles. The first-order valence-corrected chi connectivity index (χ1v) is 4.37. The van der Waals surface area contributed by atoms with E-state index in [0.29, 0.717) is 6.61 Å². The van der Waals surface area contributed by atoms with E-state index in [1.54, 1.807) is 7.11 Å². The lowest BCUT2D eigenvalue weighted by molar-refractivity contribution is 0.177.